The number of carbonyl (C=O) groups excluding carboxylic acids is 1. The summed E-state index contributed by atoms with van der Waals surface area (Å²) in [7, 11) is 1.65. The first-order valence-electron chi connectivity index (χ1n) is 6.18. The molecule has 7 heteroatoms. The number of amides is 1. The predicted octanol–water partition coefficient (Wildman–Crippen LogP) is 0.928. The molecule has 6 nitrogen and oxygen atoms in total. The largest absolute Gasteiger partial charge is 0.360 e. The van der Waals surface area contributed by atoms with Gasteiger partial charge in [0.1, 0.15) is 5.01 Å². The summed E-state index contributed by atoms with van der Waals surface area (Å²) in [4.78, 5) is 13.5. The van der Waals surface area contributed by atoms with Gasteiger partial charge in [-0.3, -0.25) is 9.69 Å². The standard InChI is InChI=1S/C11H21N5OS/c1-4-6-16(7-9(17)12-3)8-10-14-15-11(18-10)13-5-2/h4-8H2,1-3H3,(H,12,17)(H,13,15). The average molecular weight is 271 g/mol. The van der Waals surface area contributed by atoms with E-state index in [1.54, 1.807) is 7.05 Å². The number of anilines is 1. The second kappa shape index (κ2) is 7.99. The van der Waals surface area contributed by atoms with E-state index in [1.807, 2.05) is 6.92 Å². The van der Waals surface area contributed by atoms with E-state index in [0.717, 1.165) is 29.6 Å². The van der Waals surface area contributed by atoms with Crippen molar-refractivity contribution in [1.29, 1.82) is 0 Å². The summed E-state index contributed by atoms with van der Waals surface area (Å²) >= 11 is 1.54. The zero-order valence-electron chi connectivity index (χ0n) is 11.2. The quantitative estimate of drug-likeness (QED) is 0.736. The highest BCUT2D eigenvalue weighted by atomic mass is 32.1. The molecule has 0 aliphatic heterocycles. The Morgan fingerprint density at radius 1 is 1.39 bits per heavy atom. The highest BCUT2D eigenvalue weighted by molar-refractivity contribution is 7.15. The van der Waals surface area contributed by atoms with Crippen molar-refractivity contribution < 1.29 is 4.79 Å². The van der Waals surface area contributed by atoms with E-state index in [-0.39, 0.29) is 5.91 Å². The first kappa shape index (κ1) is 14.8. The zero-order chi connectivity index (χ0) is 13.4. The van der Waals surface area contributed by atoms with Gasteiger partial charge in [0, 0.05) is 13.6 Å². The summed E-state index contributed by atoms with van der Waals surface area (Å²) in [5.41, 5.74) is 0. The van der Waals surface area contributed by atoms with Crippen molar-refractivity contribution in [2.24, 2.45) is 0 Å². The molecule has 0 saturated heterocycles. The lowest BCUT2D eigenvalue weighted by atomic mass is 10.4. The monoisotopic (exact) mass is 271 g/mol. The van der Waals surface area contributed by atoms with Gasteiger partial charge in [0.15, 0.2) is 0 Å². The lowest BCUT2D eigenvalue weighted by Gasteiger charge is -2.18. The lowest BCUT2D eigenvalue weighted by Crippen LogP contribution is -2.35. The summed E-state index contributed by atoms with van der Waals surface area (Å²) in [6.45, 7) is 6.91. The number of hydrogen-bond acceptors (Lipinski definition) is 6. The summed E-state index contributed by atoms with van der Waals surface area (Å²) < 4.78 is 0. The number of hydrogen-bond donors (Lipinski definition) is 2. The maximum Gasteiger partial charge on any atom is 0.233 e. The van der Waals surface area contributed by atoms with E-state index in [2.05, 4.69) is 32.7 Å². The van der Waals surface area contributed by atoms with Gasteiger partial charge in [-0.25, -0.2) is 0 Å². The number of likely N-dealkylation sites (N-methyl/N-ethyl adjacent to an activating group) is 1. The molecule has 1 aromatic heterocycles. The van der Waals surface area contributed by atoms with Crippen LogP contribution in [0.2, 0.25) is 0 Å². The van der Waals surface area contributed by atoms with Crippen LogP contribution in [-0.2, 0) is 11.3 Å². The van der Waals surface area contributed by atoms with Gasteiger partial charge in [0.05, 0.1) is 13.1 Å². The first-order chi connectivity index (χ1) is 8.69. The van der Waals surface area contributed by atoms with Crippen molar-refractivity contribution in [2.45, 2.75) is 26.8 Å². The molecule has 0 atom stereocenters. The molecule has 0 fully saturated rings. The molecule has 0 aromatic carbocycles. The van der Waals surface area contributed by atoms with Crippen LogP contribution in [-0.4, -0.2) is 47.7 Å². The van der Waals surface area contributed by atoms with Gasteiger partial charge in [-0.15, -0.1) is 10.2 Å². The summed E-state index contributed by atoms with van der Waals surface area (Å²) in [5.74, 6) is 0.0277. The Labute approximate surface area is 112 Å². The third-order valence-corrected chi connectivity index (χ3v) is 3.21. The molecule has 0 unspecified atom stereocenters. The van der Waals surface area contributed by atoms with Gasteiger partial charge < -0.3 is 10.6 Å². The molecule has 1 amide bonds. The van der Waals surface area contributed by atoms with E-state index >= 15 is 0 Å². The fraction of sp³-hybridized carbons (Fsp3) is 0.727. The number of rotatable bonds is 8. The molecule has 0 aliphatic rings. The molecule has 0 bridgehead atoms. The highest BCUT2D eigenvalue weighted by Crippen LogP contribution is 2.16. The maximum atomic E-state index is 11.4. The Hall–Kier alpha value is -1.21. The van der Waals surface area contributed by atoms with Crippen LogP contribution in [0.25, 0.3) is 0 Å². The zero-order valence-corrected chi connectivity index (χ0v) is 12.0. The van der Waals surface area contributed by atoms with E-state index in [9.17, 15) is 4.79 Å². The fourth-order valence-electron chi connectivity index (χ4n) is 1.54. The lowest BCUT2D eigenvalue weighted by molar-refractivity contribution is -0.121. The molecule has 1 rings (SSSR count). The van der Waals surface area contributed by atoms with Crippen molar-refractivity contribution in [3.8, 4) is 0 Å². The van der Waals surface area contributed by atoms with Crippen LogP contribution in [0.4, 0.5) is 5.13 Å². The summed E-state index contributed by atoms with van der Waals surface area (Å²) in [5, 5.41) is 15.7. The van der Waals surface area contributed by atoms with Crippen molar-refractivity contribution in [2.75, 3.05) is 32.0 Å². The van der Waals surface area contributed by atoms with Crippen LogP contribution in [0, 0.1) is 0 Å². The fourth-order valence-corrected chi connectivity index (χ4v) is 2.39. The molecule has 2 N–H and O–H groups in total. The third-order valence-electron chi connectivity index (χ3n) is 2.34. The van der Waals surface area contributed by atoms with E-state index in [0.29, 0.717) is 13.1 Å². The maximum absolute atomic E-state index is 11.4. The number of aromatic nitrogens is 2. The van der Waals surface area contributed by atoms with Gasteiger partial charge in [-0.2, -0.15) is 0 Å². The van der Waals surface area contributed by atoms with Crippen LogP contribution in [0.1, 0.15) is 25.3 Å². The third kappa shape index (κ3) is 4.97. The Bertz CT molecular complexity index is 368. The van der Waals surface area contributed by atoms with Crippen molar-refractivity contribution in [3.63, 3.8) is 0 Å². The molecular weight excluding hydrogens is 250 g/mol. The molecule has 0 aliphatic carbocycles. The summed E-state index contributed by atoms with van der Waals surface area (Å²) in [6, 6.07) is 0. The average Bonchev–Trinajstić information content (AvgIpc) is 2.77. The van der Waals surface area contributed by atoms with Crippen LogP contribution >= 0.6 is 11.3 Å². The van der Waals surface area contributed by atoms with Gasteiger partial charge in [-0.1, -0.05) is 18.3 Å². The number of nitrogens with one attached hydrogen (secondary N) is 2. The second-order valence-corrected chi connectivity index (χ2v) is 4.98. The number of nitrogens with zero attached hydrogens (tertiary/aromatic N) is 3. The summed E-state index contributed by atoms with van der Waals surface area (Å²) in [6.07, 6.45) is 1.01. The minimum absolute atomic E-state index is 0.0277. The molecule has 1 aromatic rings. The SMILES string of the molecule is CCCN(CC(=O)NC)Cc1nnc(NCC)s1. The molecule has 0 saturated carbocycles. The Morgan fingerprint density at radius 3 is 2.78 bits per heavy atom. The minimum atomic E-state index is 0.0277. The molecule has 18 heavy (non-hydrogen) atoms. The highest BCUT2D eigenvalue weighted by Gasteiger charge is 2.12. The van der Waals surface area contributed by atoms with E-state index in [4.69, 9.17) is 0 Å². The smallest absolute Gasteiger partial charge is 0.233 e. The molecule has 102 valence electrons. The van der Waals surface area contributed by atoms with Gasteiger partial charge >= 0.3 is 0 Å². The van der Waals surface area contributed by atoms with Crippen LogP contribution in [0.15, 0.2) is 0 Å². The van der Waals surface area contributed by atoms with Crippen LogP contribution in [0.5, 0.6) is 0 Å². The minimum Gasteiger partial charge on any atom is -0.360 e. The molecular formula is C11H21N5OS. The normalized spacial score (nSPS) is 10.7. The second-order valence-electron chi connectivity index (χ2n) is 3.92. The molecule has 1 heterocycles. The van der Waals surface area contributed by atoms with Gasteiger partial charge in [0.25, 0.3) is 0 Å². The Kier molecular flexibility index (Phi) is 6.59. The first-order valence-corrected chi connectivity index (χ1v) is 7.00. The molecule has 0 spiro atoms. The number of carbonyl (C=O) groups is 1. The Morgan fingerprint density at radius 2 is 2.17 bits per heavy atom. The van der Waals surface area contributed by atoms with Crippen LogP contribution in [0.3, 0.4) is 0 Å². The van der Waals surface area contributed by atoms with Crippen molar-refractivity contribution >= 4 is 22.4 Å². The topological polar surface area (TPSA) is 70.2 Å². The van der Waals surface area contributed by atoms with Gasteiger partial charge in [-0.05, 0) is 19.9 Å². The molecule has 0 radical (unpaired) electrons. The van der Waals surface area contributed by atoms with Crippen LogP contribution < -0.4 is 10.6 Å². The Balaban J connectivity index is 2.55. The van der Waals surface area contributed by atoms with E-state index in [1.165, 1.54) is 11.3 Å². The van der Waals surface area contributed by atoms with Crippen molar-refractivity contribution in [3.05, 3.63) is 5.01 Å². The van der Waals surface area contributed by atoms with Crippen molar-refractivity contribution in [1.82, 2.24) is 20.4 Å². The van der Waals surface area contributed by atoms with Gasteiger partial charge in [0.2, 0.25) is 11.0 Å². The predicted molar refractivity (Wildman–Crippen MR) is 73.7 cm³/mol. The van der Waals surface area contributed by atoms with E-state index < -0.39 is 0 Å².